The predicted octanol–water partition coefficient (Wildman–Crippen LogP) is 3.80. The van der Waals surface area contributed by atoms with Crippen LogP contribution in [0, 0.1) is 0 Å². The first-order chi connectivity index (χ1) is 9.71. The number of ether oxygens (including phenoxy) is 2. The molecule has 0 saturated heterocycles. The van der Waals surface area contributed by atoms with Crippen molar-refractivity contribution in [3.8, 4) is 11.5 Å². The molecule has 1 atom stereocenters. The maximum Gasteiger partial charge on any atom is 0.161 e. The number of aryl methyl sites for hydroxylation is 1. The second kappa shape index (κ2) is 9.65. The zero-order valence-electron chi connectivity index (χ0n) is 13.4. The molecule has 3 nitrogen and oxygen atoms in total. The molecule has 1 rings (SSSR count). The van der Waals surface area contributed by atoms with Crippen molar-refractivity contribution >= 4 is 0 Å². The molecule has 1 aromatic carbocycles. The van der Waals surface area contributed by atoms with Gasteiger partial charge in [-0.2, -0.15) is 0 Å². The van der Waals surface area contributed by atoms with Gasteiger partial charge in [-0.1, -0.05) is 19.9 Å². The maximum absolute atomic E-state index is 5.82. The molecule has 0 saturated carbocycles. The van der Waals surface area contributed by atoms with Gasteiger partial charge in [-0.3, -0.25) is 0 Å². The largest absolute Gasteiger partial charge is 0.493 e. The molecule has 0 bridgehead atoms. The highest BCUT2D eigenvalue weighted by Crippen LogP contribution is 2.28. The van der Waals surface area contributed by atoms with Crippen LogP contribution in [0.5, 0.6) is 11.5 Å². The molecule has 0 spiro atoms. The molecule has 0 fully saturated rings. The molecule has 0 radical (unpaired) electrons. The molecule has 0 heterocycles. The van der Waals surface area contributed by atoms with Gasteiger partial charge in [0.15, 0.2) is 11.5 Å². The Hall–Kier alpha value is -1.22. The Morgan fingerprint density at radius 3 is 2.60 bits per heavy atom. The van der Waals surface area contributed by atoms with E-state index in [2.05, 4.69) is 38.2 Å². The fourth-order valence-electron chi connectivity index (χ4n) is 2.24. The Labute approximate surface area is 123 Å². The van der Waals surface area contributed by atoms with Crippen molar-refractivity contribution in [3.05, 3.63) is 23.8 Å². The molecular weight excluding hydrogens is 250 g/mol. The number of unbranched alkanes of at least 4 members (excludes halogenated alkanes) is 1. The fraction of sp³-hybridized carbons (Fsp3) is 0.647. The molecular formula is C17H29NO2. The molecule has 20 heavy (non-hydrogen) atoms. The Bertz CT molecular complexity index is 379. The van der Waals surface area contributed by atoms with Gasteiger partial charge in [0.1, 0.15) is 0 Å². The van der Waals surface area contributed by atoms with Crippen LogP contribution in [0.1, 0.15) is 45.6 Å². The summed E-state index contributed by atoms with van der Waals surface area (Å²) in [6.07, 6.45) is 4.47. The summed E-state index contributed by atoms with van der Waals surface area (Å²) >= 11 is 0. The van der Waals surface area contributed by atoms with Crippen LogP contribution in [-0.4, -0.2) is 26.3 Å². The average molecular weight is 279 g/mol. The van der Waals surface area contributed by atoms with Crippen molar-refractivity contribution in [3.63, 3.8) is 0 Å². The lowest BCUT2D eigenvalue weighted by Gasteiger charge is -2.13. The highest BCUT2D eigenvalue weighted by Gasteiger charge is 2.05. The quantitative estimate of drug-likeness (QED) is 0.661. The number of methoxy groups -OCH3 is 1. The summed E-state index contributed by atoms with van der Waals surface area (Å²) in [4.78, 5) is 0. The van der Waals surface area contributed by atoms with E-state index in [1.165, 1.54) is 18.4 Å². The highest BCUT2D eigenvalue weighted by atomic mass is 16.5. The van der Waals surface area contributed by atoms with E-state index in [-0.39, 0.29) is 0 Å². The third kappa shape index (κ3) is 5.83. The summed E-state index contributed by atoms with van der Waals surface area (Å²) in [6, 6.07) is 6.77. The maximum atomic E-state index is 5.82. The molecule has 0 aliphatic heterocycles. The van der Waals surface area contributed by atoms with Gasteiger partial charge in [-0.05, 0) is 56.8 Å². The van der Waals surface area contributed by atoms with Gasteiger partial charge >= 0.3 is 0 Å². The van der Waals surface area contributed by atoms with Crippen LogP contribution in [0.3, 0.4) is 0 Å². The van der Waals surface area contributed by atoms with Gasteiger partial charge in [0.05, 0.1) is 13.7 Å². The second-order valence-corrected chi connectivity index (χ2v) is 5.14. The molecule has 1 aromatic rings. The molecule has 1 unspecified atom stereocenters. The zero-order chi connectivity index (χ0) is 14.8. The van der Waals surface area contributed by atoms with Crippen molar-refractivity contribution in [2.24, 2.45) is 0 Å². The van der Waals surface area contributed by atoms with E-state index < -0.39 is 0 Å². The van der Waals surface area contributed by atoms with E-state index in [9.17, 15) is 0 Å². The first-order valence-corrected chi connectivity index (χ1v) is 7.74. The lowest BCUT2D eigenvalue weighted by Crippen LogP contribution is -2.25. The van der Waals surface area contributed by atoms with Crippen molar-refractivity contribution in [2.75, 3.05) is 20.3 Å². The van der Waals surface area contributed by atoms with E-state index in [1.54, 1.807) is 7.11 Å². The van der Waals surface area contributed by atoms with E-state index in [0.29, 0.717) is 6.04 Å². The van der Waals surface area contributed by atoms with E-state index >= 15 is 0 Å². The van der Waals surface area contributed by atoms with Gasteiger partial charge in [0.25, 0.3) is 0 Å². The average Bonchev–Trinajstić information content (AvgIpc) is 2.47. The van der Waals surface area contributed by atoms with Gasteiger partial charge < -0.3 is 14.8 Å². The third-order valence-corrected chi connectivity index (χ3v) is 3.48. The fourth-order valence-corrected chi connectivity index (χ4v) is 2.24. The minimum Gasteiger partial charge on any atom is -0.493 e. The smallest absolute Gasteiger partial charge is 0.161 e. The lowest BCUT2D eigenvalue weighted by molar-refractivity contribution is 0.283. The number of nitrogens with one attached hydrogen (secondary N) is 1. The molecule has 0 aliphatic rings. The van der Waals surface area contributed by atoms with Crippen LogP contribution < -0.4 is 14.8 Å². The van der Waals surface area contributed by atoms with Crippen molar-refractivity contribution in [2.45, 2.75) is 52.5 Å². The third-order valence-electron chi connectivity index (χ3n) is 3.48. The lowest BCUT2D eigenvalue weighted by atomic mass is 10.1. The summed E-state index contributed by atoms with van der Waals surface area (Å²) < 4.78 is 11.2. The zero-order valence-corrected chi connectivity index (χ0v) is 13.4. The summed E-state index contributed by atoms with van der Waals surface area (Å²) in [5.41, 5.74) is 1.27. The summed E-state index contributed by atoms with van der Waals surface area (Å²) in [5.74, 6) is 1.69. The minimum absolute atomic E-state index is 0.596. The summed E-state index contributed by atoms with van der Waals surface area (Å²) in [7, 11) is 1.69. The van der Waals surface area contributed by atoms with E-state index in [0.717, 1.165) is 37.5 Å². The van der Waals surface area contributed by atoms with Gasteiger partial charge in [-0.25, -0.2) is 0 Å². The molecule has 3 heteroatoms. The molecule has 1 N–H and O–H groups in total. The number of hydrogen-bond acceptors (Lipinski definition) is 3. The number of rotatable bonds is 10. The van der Waals surface area contributed by atoms with Crippen molar-refractivity contribution in [1.29, 1.82) is 0 Å². The normalized spacial score (nSPS) is 12.2. The first kappa shape index (κ1) is 16.8. The van der Waals surface area contributed by atoms with Crippen molar-refractivity contribution < 1.29 is 9.47 Å². The summed E-state index contributed by atoms with van der Waals surface area (Å²) in [6.45, 7) is 8.31. The van der Waals surface area contributed by atoms with E-state index in [1.807, 2.05) is 6.07 Å². The SMILES string of the molecule is CCNC(C)CCCCOc1ccc(CC)cc1OC. The standard InChI is InChI=1S/C17H29NO2/c1-5-15-10-11-16(17(13-15)19-4)20-12-8-7-9-14(3)18-6-2/h10-11,13-14,18H,5-9,12H2,1-4H3. The monoisotopic (exact) mass is 279 g/mol. The first-order valence-electron chi connectivity index (χ1n) is 7.74. The van der Waals surface area contributed by atoms with Gasteiger partial charge in [0, 0.05) is 6.04 Å². The topological polar surface area (TPSA) is 30.5 Å². The Morgan fingerprint density at radius 2 is 1.95 bits per heavy atom. The van der Waals surface area contributed by atoms with E-state index in [4.69, 9.17) is 9.47 Å². The Balaban J connectivity index is 2.31. The van der Waals surface area contributed by atoms with Crippen LogP contribution >= 0.6 is 0 Å². The van der Waals surface area contributed by atoms with Crippen LogP contribution in [0.4, 0.5) is 0 Å². The molecule has 114 valence electrons. The summed E-state index contributed by atoms with van der Waals surface area (Å²) in [5, 5.41) is 3.42. The minimum atomic E-state index is 0.596. The predicted molar refractivity (Wildman–Crippen MR) is 84.9 cm³/mol. The Kier molecular flexibility index (Phi) is 8.12. The number of benzene rings is 1. The van der Waals surface area contributed by atoms with Crippen LogP contribution in [0.15, 0.2) is 18.2 Å². The Morgan fingerprint density at radius 1 is 1.15 bits per heavy atom. The van der Waals surface area contributed by atoms with Crippen molar-refractivity contribution in [1.82, 2.24) is 5.32 Å². The van der Waals surface area contributed by atoms with Crippen LogP contribution in [-0.2, 0) is 6.42 Å². The van der Waals surface area contributed by atoms with Gasteiger partial charge in [0.2, 0.25) is 0 Å². The number of hydrogen-bond donors (Lipinski definition) is 1. The van der Waals surface area contributed by atoms with Crippen LogP contribution in [0.2, 0.25) is 0 Å². The molecule has 0 aliphatic carbocycles. The van der Waals surface area contributed by atoms with Gasteiger partial charge in [-0.15, -0.1) is 0 Å². The highest BCUT2D eigenvalue weighted by molar-refractivity contribution is 5.42. The molecule has 0 aromatic heterocycles. The van der Waals surface area contributed by atoms with Crippen LogP contribution in [0.25, 0.3) is 0 Å². The second-order valence-electron chi connectivity index (χ2n) is 5.14. The molecule has 0 amide bonds.